The van der Waals surface area contributed by atoms with Crippen molar-refractivity contribution in [2.75, 3.05) is 23.7 Å². The van der Waals surface area contributed by atoms with Crippen LogP contribution in [0.4, 0.5) is 24.5 Å². The van der Waals surface area contributed by atoms with Gasteiger partial charge in [0.05, 0.1) is 11.4 Å². The molecule has 0 aliphatic rings. The first kappa shape index (κ1) is 11.7. The smallest absolute Gasteiger partial charge is 0.397 e. The van der Waals surface area contributed by atoms with Crippen molar-refractivity contribution in [3.8, 4) is 0 Å². The van der Waals surface area contributed by atoms with Gasteiger partial charge in [-0.25, -0.2) is 0 Å². The second-order valence-corrected chi connectivity index (χ2v) is 3.19. The van der Waals surface area contributed by atoms with Gasteiger partial charge in [-0.2, -0.15) is 13.2 Å². The largest absolute Gasteiger partial charge is 0.405 e. The molecule has 15 heavy (non-hydrogen) atoms. The third kappa shape index (κ3) is 3.34. The Labute approximate surface area is 86.5 Å². The maximum atomic E-state index is 12.2. The molecule has 2 nitrogen and oxygen atoms in total. The number of benzene rings is 1. The molecule has 0 saturated carbocycles. The molecule has 0 saturated heterocycles. The van der Waals surface area contributed by atoms with Crippen LogP contribution >= 0.6 is 0 Å². The van der Waals surface area contributed by atoms with Gasteiger partial charge in [-0.1, -0.05) is 12.1 Å². The Kier molecular flexibility index (Phi) is 3.44. The molecule has 1 rings (SSSR count). The molecular formula is C10H13F3N2. The third-order valence-corrected chi connectivity index (χ3v) is 2.03. The van der Waals surface area contributed by atoms with Gasteiger partial charge >= 0.3 is 6.18 Å². The van der Waals surface area contributed by atoms with Crippen LogP contribution in [0.3, 0.4) is 0 Å². The minimum Gasteiger partial charge on any atom is -0.397 e. The first-order valence-corrected chi connectivity index (χ1v) is 4.60. The summed E-state index contributed by atoms with van der Waals surface area (Å²) in [5.74, 6) is 0. The van der Waals surface area contributed by atoms with Crippen LogP contribution in [0.25, 0.3) is 0 Å². The number of alkyl halides is 3. The predicted molar refractivity (Wildman–Crippen MR) is 54.8 cm³/mol. The van der Waals surface area contributed by atoms with E-state index >= 15 is 0 Å². The molecule has 2 N–H and O–H groups in total. The summed E-state index contributed by atoms with van der Waals surface area (Å²) in [6.45, 7) is 0.962. The molecule has 0 aliphatic heterocycles. The molecule has 0 amide bonds. The maximum absolute atomic E-state index is 12.2. The van der Waals surface area contributed by atoms with Crippen molar-refractivity contribution in [3.63, 3.8) is 0 Å². The summed E-state index contributed by atoms with van der Waals surface area (Å²) >= 11 is 0. The minimum absolute atomic E-state index is 0.272. The second-order valence-electron chi connectivity index (χ2n) is 3.19. The highest BCUT2D eigenvalue weighted by atomic mass is 19.4. The maximum Gasteiger partial charge on any atom is 0.405 e. The standard InChI is InChI=1S/C10H13F3N2/c1-2-15(7-10(11,12)13)9-6-4-3-5-8(9)14/h3-6H,2,7,14H2,1H3. The second kappa shape index (κ2) is 4.42. The molecule has 5 heteroatoms. The first-order chi connectivity index (χ1) is 6.94. The zero-order valence-electron chi connectivity index (χ0n) is 8.38. The van der Waals surface area contributed by atoms with Gasteiger partial charge in [0, 0.05) is 6.54 Å². The lowest BCUT2D eigenvalue weighted by Crippen LogP contribution is -2.34. The Morgan fingerprint density at radius 1 is 1.27 bits per heavy atom. The molecule has 0 fully saturated rings. The van der Waals surface area contributed by atoms with Crippen molar-refractivity contribution < 1.29 is 13.2 Å². The van der Waals surface area contributed by atoms with Crippen molar-refractivity contribution in [2.24, 2.45) is 0 Å². The number of hydrogen-bond acceptors (Lipinski definition) is 2. The van der Waals surface area contributed by atoms with Crippen molar-refractivity contribution in [2.45, 2.75) is 13.1 Å². The Morgan fingerprint density at radius 3 is 2.33 bits per heavy atom. The van der Waals surface area contributed by atoms with Gasteiger partial charge in [0.1, 0.15) is 6.54 Å². The lowest BCUT2D eigenvalue weighted by molar-refractivity contribution is -0.119. The van der Waals surface area contributed by atoms with Gasteiger partial charge in [-0.05, 0) is 19.1 Å². The fourth-order valence-electron chi connectivity index (χ4n) is 1.36. The summed E-state index contributed by atoms with van der Waals surface area (Å²) in [6.07, 6.45) is -4.21. The SMILES string of the molecule is CCN(CC(F)(F)F)c1ccccc1N. The quantitative estimate of drug-likeness (QED) is 0.790. The van der Waals surface area contributed by atoms with Crippen LogP contribution in [0.5, 0.6) is 0 Å². The first-order valence-electron chi connectivity index (χ1n) is 4.60. The number of halogens is 3. The van der Waals surface area contributed by atoms with E-state index in [4.69, 9.17) is 5.73 Å². The molecule has 0 atom stereocenters. The normalized spacial score (nSPS) is 11.5. The summed E-state index contributed by atoms with van der Waals surface area (Å²) in [7, 11) is 0. The summed E-state index contributed by atoms with van der Waals surface area (Å²) in [5.41, 5.74) is 6.40. The zero-order valence-corrected chi connectivity index (χ0v) is 8.38. The van der Waals surface area contributed by atoms with E-state index in [0.717, 1.165) is 0 Å². The van der Waals surface area contributed by atoms with E-state index in [0.29, 0.717) is 11.4 Å². The van der Waals surface area contributed by atoms with Crippen LogP contribution < -0.4 is 10.6 Å². The van der Waals surface area contributed by atoms with E-state index in [9.17, 15) is 13.2 Å². The number of rotatable bonds is 3. The van der Waals surface area contributed by atoms with Crippen LogP contribution in [-0.2, 0) is 0 Å². The highest BCUT2D eigenvalue weighted by Gasteiger charge is 2.30. The van der Waals surface area contributed by atoms with Crippen LogP contribution in [0, 0.1) is 0 Å². The average molecular weight is 218 g/mol. The topological polar surface area (TPSA) is 29.3 Å². The van der Waals surface area contributed by atoms with Crippen molar-refractivity contribution in [1.29, 1.82) is 0 Å². The van der Waals surface area contributed by atoms with Crippen molar-refractivity contribution in [1.82, 2.24) is 0 Å². The fraction of sp³-hybridized carbons (Fsp3) is 0.400. The Hall–Kier alpha value is -1.39. The van der Waals surface area contributed by atoms with Crippen LogP contribution in [0.1, 0.15) is 6.92 Å². The summed E-state index contributed by atoms with van der Waals surface area (Å²) < 4.78 is 36.7. The van der Waals surface area contributed by atoms with E-state index in [1.165, 1.54) is 4.90 Å². The summed E-state index contributed by atoms with van der Waals surface area (Å²) in [4.78, 5) is 1.20. The van der Waals surface area contributed by atoms with Gasteiger partial charge in [0.2, 0.25) is 0 Å². The number of para-hydroxylation sites is 2. The van der Waals surface area contributed by atoms with Crippen LogP contribution in [-0.4, -0.2) is 19.3 Å². The van der Waals surface area contributed by atoms with Gasteiger partial charge in [-0.3, -0.25) is 0 Å². The van der Waals surface area contributed by atoms with Crippen LogP contribution in [0.15, 0.2) is 24.3 Å². The highest BCUT2D eigenvalue weighted by molar-refractivity contribution is 5.67. The lowest BCUT2D eigenvalue weighted by atomic mass is 10.2. The van der Waals surface area contributed by atoms with E-state index in [1.54, 1.807) is 31.2 Å². The van der Waals surface area contributed by atoms with Gasteiger partial charge in [0.15, 0.2) is 0 Å². The van der Waals surface area contributed by atoms with E-state index in [-0.39, 0.29) is 6.54 Å². The molecular weight excluding hydrogens is 205 g/mol. The number of hydrogen-bond donors (Lipinski definition) is 1. The Morgan fingerprint density at radius 2 is 1.87 bits per heavy atom. The van der Waals surface area contributed by atoms with Crippen LogP contribution in [0.2, 0.25) is 0 Å². The molecule has 0 aromatic heterocycles. The Bertz CT molecular complexity index is 323. The summed E-state index contributed by atoms with van der Waals surface area (Å²) in [5, 5.41) is 0. The van der Waals surface area contributed by atoms with E-state index in [2.05, 4.69) is 0 Å². The monoisotopic (exact) mass is 218 g/mol. The summed E-state index contributed by atoms with van der Waals surface area (Å²) in [6, 6.07) is 6.55. The molecule has 84 valence electrons. The van der Waals surface area contributed by atoms with Gasteiger partial charge in [0.25, 0.3) is 0 Å². The molecule has 0 unspecified atom stereocenters. The minimum atomic E-state index is -4.21. The Balaban J connectivity index is 2.88. The molecule has 0 aliphatic carbocycles. The molecule has 1 aromatic rings. The average Bonchev–Trinajstić information content (AvgIpc) is 2.14. The number of nitrogens with two attached hydrogens (primary N) is 1. The van der Waals surface area contributed by atoms with E-state index in [1.807, 2.05) is 0 Å². The van der Waals surface area contributed by atoms with Gasteiger partial charge < -0.3 is 10.6 Å². The molecule has 1 aromatic carbocycles. The number of nitrogen functional groups attached to an aromatic ring is 1. The molecule has 0 radical (unpaired) electrons. The van der Waals surface area contributed by atoms with Gasteiger partial charge in [-0.15, -0.1) is 0 Å². The van der Waals surface area contributed by atoms with E-state index < -0.39 is 12.7 Å². The predicted octanol–water partition coefficient (Wildman–Crippen LogP) is 2.66. The number of anilines is 2. The fourth-order valence-corrected chi connectivity index (χ4v) is 1.36. The third-order valence-electron chi connectivity index (χ3n) is 2.03. The zero-order chi connectivity index (χ0) is 11.5. The molecule has 0 heterocycles. The molecule has 0 bridgehead atoms. The van der Waals surface area contributed by atoms with Crippen molar-refractivity contribution in [3.05, 3.63) is 24.3 Å². The molecule has 0 spiro atoms. The number of nitrogens with zero attached hydrogens (tertiary/aromatic N) is 1. The lowest BCUT2D eigenvalue weighted by Gasteiger charge is -2.25. The van der Waals surface area contributed by atoms with Crippen molar-refractivity contribution >= 4 is 11.4 Å². The highest BCUT2D eigenvalue weighted by Crippen LogP contribution is 2.26.